The van der Waals surface area contributed by atoms with Crippen LogP contribution in [0.2, 0.25) is 0 Å². The molecule has 2 rings (SSSR count). The van der Waals surface area contributed by atoms with Gasteiger partial charge in [0.2, 0.25) is 0 Å². The normalized spacial score (nSPS) is 18.7. The van der Waals surface area contributed by atoms with Crippen molar-refractivity contribution in [2.24, 2.45) is 0 Å². The fourth-order valence-electron chi connectivity index (χ4n) is 3.40. The third-order valence-electron chi connectivity index (χ3n) is 4.85. The molecule has 1 amide bonds. The molecule has 1 heterocycles. The lowest BCUT2D eigenvalue weighted by Gasteiger charge is -2.38. The van der Waals surface area contributed by atoms with Crippen molar-refractivity contribution in [2.45, 2.75) is 37.8 Å². The largest absolute Gasteiger partial charge is 0.493 e. The van der Waals surface area contributed by atoms with Crippen molar-refractivity contribution in [1.82, 2.24) is 4.90 Å². The summed E-state index contributed by atoms with van der Waals surface area (Å²) in [5.41, 5.74) is 1.07. The molecular weight excluding hydrogens is 374 g/mol. The second kappa shape index (κ2) is 11.3. The van der Waals surface area contributed by atoms with E-state index in [1.54, 1.807) is 24.3 Å². The first-order valence-corrected chi connectivity index (χ1v) is 9.69. The number of carbonyl (C=O) groups is 2. The summed E-state index contributed by atoms with van der Waals surface area (Å²) >= 11 is 0. The number of methoxy groups -OCH3 is 1. The van der Waals surface area contributed by atoms with Crippen molar-refractivity contribution in [2.75, 3.05) is 26.9 Å². The second-order valence-corrected chi connectivity index (χ2v) is 6.78. The fraction of sp³-hybridized carbons (Fsp3) is 0.455. The van der Waals surface area contributed by atoms with Gasteiger partial charge in [-0.05, 0) is 37.8 Å². The molecule has 0 bridgehead atoms. The Hall–Kier alpha value is -2.80. The van der Waals surface area contributed by atoms with Crippen LogP contribution in [0.15, 0.2) is 43.5 Å². The molecule has 0 saturated carbocycles. The molecule has 7 heteroatoms. The average molecular weight is 403 g/mol. The zero-order chi connectivity index (χ0) is 21.2. The highest BCUT2D eigenvalue weighted by atomic mass is 16.5. The van der Waals surface area contributed by atoms with E-state index >= 15 is 0 Å². The number of carbonyl (C=O) groups excluding carboxylic acids is 1. The molecule has 2 unspecified atom stereocenters. The van der Waals surface area contributed by atoms with Crippen LogP contribution < -0.4 is 4.74 Å². The van der Waals surface area contributed by atoms with Crippen molar-refractivity contribution >= 4 is 12.1 Å². The summed E-state index contributed by atoms with van der Waals surface area (Å²) < 4.78 is 16.5. The first kappa shape index (κ1) is 22.5. The lowest BCUT2D eigenvalue weighted by atomic mass is 9.92. The smallest absolute Gasteiger partial charge is 0.407 e. The second-order valence-electron chi connectivity index (χ2n) is 6.78. The van der Waals surface area contributed by atoms with E-state index in [2.05, 4.69) is 13.2 Å². The third kappa shape index (κ3) is 6.09. The van der Waals surface area contributed by atoms with Gasteiger partial charge in [0, 0.05) is 12.1 Å². The zero-order valence-corrected chi connectivity index (χ0v) is 16.8. The Morgan fingerprint density at radius 1 is 1.31 bits per heavy atom. The van der Waals surface area contributed by atoms with Crippen LogP contribution in [0.1, 0.15) is 47.6 Å². The molecule has 1 aromatic carbocycles. The maximum atomic E-state index is 11.9. The Morgan fingerprint density at radius 2 is 2.10 bits per heavy atom. The van der Waals surface area contributed by atoms with E-state index in [4.69, 9.17) is 14.2 Å². The number of hydrogen-bond donors (Lipinski definition) is 1. The number of likely N-dealkylation sites (tertiary alicyclic amines) is 1. The van der Waals surface area contributed by atoms with Gasteiger partial charge in [-0.1, -0.05) is 18.2 Å². The average Bonchev–Trinajstić information content (AvgIpc) is 2.74. The van der Waals surface area contributed by atoms with Gasteiger partial charge >= 0.3 is 12.1 Å². The molecule has 1 aliphatic rings. The van der Waals surface area contributed by atoms with Gasteiger partial charge in [-0.3, -0.25) is 0 Å². The molecule has 1 aromatic rings. The predicted octanol–water partition coefficient (Wildman–Crippen LogP) is 4.20. The number of amides is 1. The van der Waals surface area contributed by atoms with Gasteiger partial charge in [0.1, 0.15) is 5.75 Å². The summed E-state index contributed by atoms with van der Waals surface area (Å²) in [5, 5.41) is 9.69. The van der Waals surface area contributed by atoms with E-state index in [0.29, 0.717) is 49.5 Å². The highest BCUT2D eigenvalue weighted by Crippen LogP contribution is 2.38. The van der Waals surface area contributed by atoms with Crippen LogP contribution in [0.25, 0.3) is 0 Å². The van der Waals surface area contributed by atoms with E-state index in [1.165, 1.54) is 12.0 Å². The lowest BCUT2D eigenvalue weighted by Crippen LogP contribution is -2.42. The molecule has 0 radical (unpaired) electrons. The molecule has 1 aliphatic heterocycles. The van der Waals surface area contributed by atoms with Gasteiger partial charge in [-0.25, -0.2) is 9.59 Å². The van der Waals surface area contributed by atoms with Gasteiger partial charge < -0.3 is 24.2 Å². The molecule has 29 heavy (non-hydrogen) atoms. The van der Waals surface area contributed by atoms with Gasteiger partial charge in [0.05, 0.1) is 38.0 Å². The van der Waals surface area contributed by atoms with Gasteiger partial charge in [-0.2, -0.15) is 0 Å². The Morgan fingerprint density at radius 3 is 2.76 bits per heavy atom. The van der Waals surface area contributed by atoms with Crippen LogP contribution >= 0.6 is 0 Å². The Kier molecular flexibility index (Phi) is 8.73. The lowest BCUT2D eigenvalue weighted by molar-refractivity contribution is -0.000321. The number of ether oxygens (including phenoxy) is 3. The first-order valence-electron chi connectivity index (χ1n) is 9.69. The summed E-state index contributed by atoms with van der Waals surface area (Å²) in [6, 6.07) is 4.55. The molecular formula is C22H29NO6. The van der Waals surface area contributed by atoms with E-state index < -0.39 is 18.1 Å². The number of esters is 1. The van der Waals surface area contributed by atoms with Crippen molar-refractivity contribution in [3.63, 3.8) is 0 Å². The molecule has 1 fully saturated rings. The number of allylic oxidation sites excluding steroid dienone is 1. The Bertz CT molecular complexity index is 732. The number of hydrogen-bond acceptors (Lipinski definition) is 5. The number of benzene rings is 1. The molecule has 1 N–H and O–H groups in total. The molecule has 2 atom stereocenters. The SMILES string of the molecule is C=CCCCOc1cc(C(=O)OC)ccc1C1CC(OCC=C)CCN1C(=O)O. The summed E-state index contributed by atoms with van der Waals surface area (Å²) in [6.07, 6.45) is 5.10. The summed E-state index contributed by atoms with van der Waals surface area (Å²) in [6.45, 7) is 8.56. The van der Waals surface area contributed by atoms with Crippen LogP contribution in [0.5, 0.6) is 5.75 Å². The number of rotatable bonds is 10. The third-order valence-corrected chi connectivity index (χ3v) is 4.85. The number of nitrogens with zero attached hydrogens (tertiary/aromatic N) is 1. The molecule has 7 nitrogen and oxygen atoms in total. The number of unbranched alkanes of at least 4 members (excludes halogenated alkanes) is 1. The Balaban J connectivity index is 2.34. The highest BCUT2D eigenvalue weighted by molar-refractivity contribution is 5.90. The van der Waals surface area contributed by atoms with Crippen LogP contribution in [0, 0.1) is 0 Å². The molecule has 158 valence electrons. The van der Waals surface area contributed by atoms with E-state index in [1.807, 2.05) is 6.08 Å². The minimum absolute atomic E-state index is 0.0810. The summed E-state index contributed by atoms with van der Waals surface area (Å²) in [7, 11) is 1.32. The maximum Gasteiger partial charge on any atom is 0.407 e. The summed E-state index contributed by atoms with van der Waals surface area (Å²) in [4.78, 5) is 25.2. The minimum Gasteiger partial charge on any atom is -0.493 e. The van der Waals surface area contributed by atoms with Gasteiger partial charge in [0.15, 0.2) is 0 Å². The van der Waals surface area contributed by atoms with Crippen LogP contribution in [0.4, 0.5) is 4.79 Å². The molecule has 0 aliphatic carbocycles. The van der Waals surface area contributed by atoms with E-state index in [9.17, 15) is 14.7 Å². The van der Waals surface area contributed by atoms with Gasteiger partial charge in [0.25, 0.3) is 0 Å². The standard InChI is InChI=1S/C22H29NO6/c1-4-6-7-13-29-20-14-16(21(24)27-3)8-9-18(20)19-15-17(28-12-5-2)10-11-23(19)22(25)26/h4-5,8-9,14,17,19H,1-2,6-7,10-13,15H2,3H3,(H,25,26). The fourth-order valence-corrected chi connectivity index (χ4v) is 3.40. The first-order chi connectivity index (χ1) is 14.0. The monoisotopic (exact) mass is 403 g/mol. The minimum atomic E-state index is -0.994. The van der Waals surface area contributed by atoms with Crippen molar-refractivity contribution in [3.05, 3.63) is 54.6 Å². The molecule has 1 saturated heterocycles. The van der Waals surface area contributed by atoms with Gasteiger partial charge in [-0.15, -0.1) is 13.2 Å². The van der Waals surface area contributed by atoms with Crippen LogP contribution in [-0.4, -0.2) is 55.0 Å². The van der Waals surface area contributed by atoms with Crippen molar-refractivity contribution in [1.29, 1.82) is 0 Å². The highest BCUT2D eigenvalue weighted by Gasteiger charge is 2.35. The quantitative estimate of drug-likeness (QED) is 0.358. The van der Waals surface area contributed by atoms with E-state index in [0.717, 1.165) is 12.8 Å². The molecule has 0 spiro atoms. The molecule has 0 aromatic heterocycles. The topological polar surface area (TPSA) is 85.3 Å². The predicted molar refractivity (Wildman–Crippen MR) is 109 cm³/mol. The van der Waals surface area contributed by atoms with E-state index in [-0.39, 0.29) is 6.10 Å². The Labute approximate surface area is 171 Å². The van der Waals surface area contributed by atoms with Crippen molar-refractivity contribution in [3.8, 4) is 5.75 Å². The summed E-state index contributed by atoms with van der Waals surface area (Å²) in [5.74, 6) is 0.0102. The zero-order valence-electron chi connectivity index (χ0n) is 16.8. The number of piperidine rings is 1. The maximum absolute atomic E-state index is 11.9. The van der Waals surface area contributed by atoms with Crippen molar-refractivity contribution < 1.29 is 28.9 Å². The van der Waals surface area contributed by atoms with Crippen LogP contribution in [0.3, 0.4) is 0 Å². The number of carboxylic acid groups (broad SMARTS) is 1. The van der Waals surface area contributed by atoms with Crippen LogP contribution in [-0.2, 0) is 9.47 Å².